The van der Waals surface area contributed by atoms with Crippen molar-refractivity contribution in [3.63, 3.8) is 0 Å². The number of amides is 1. The SMILES string of the molecule is CN(C)C(=O)[C@@H]1CCCN1CCC(N)(CCCCB(O)O)C(=O)O. The van der Waals surface area contributed by atoms with E-state index in [2.05, 4.69) is 0 Å². The normalized spacial score (nSPS) is 20.6. The topological polar surface area (TPSA) is 127 Å². The summed E-state index contributed by atoms with van der Waals surface area (Å²) in [5.41, 5.74) is 4.72. The number of nitrogens with two attached hydrogens (primary N) is 1. The third-order valence-electron chi connectivity index (χ3n) is 4.70. The molecule has 1 rings (SSSR count). The van der Waals surface area contributed by atoms with Crippen molar-refractivity contribution in [1.29, 1.82) is 0 Å². The summed E-state index contributed by atoms with van der Waals surface area (Å²) >= 11 is 0. The van der Waals surface area contributed by atoms with E-state index in [4.69, 9.17) is 15.8 Å². The molecule has 0 aromatic carbocycles. The molecule has 0 saturated carbocycles. The zero-order valence-corrected chi connectivity index (χ0v) is 14.6. The molecule has 1 heterocycles. The summed E-state index contributed by atoms with van der Waals surface area (Å²) in [7, 11) is 2.07. The van der Waals surface area contributed by atoms with Crippen LogP contribution in [-0.4, -0.2) is 82.7 Å². The molecule has 1 fully saturated rings. The van der Waals surface area contributed by atoms with Gasteiger partial charge in [0.2, 0.25) is 5.91 Å². The van der Waals surface area contributed by atoms with E-state index in [0.29, 0.717) is 19.4 Å². The van der Waals surface area contributed by atoms with Crippen LogP contribution in [0.3, 0.4) is 0 Å². The first kappa shape index (κ1) is 20.9. The fourth-order valence-electron chi connectivity index (χ4n) is 3.12. The smallest absolute Gasteiger partial charge is 0.451 e. The van der Waals surface area contributed by atoms with Crippen LogP contribution in [0.4, 0.5) is 0 Å². The van der Waals surface area contributed by atoms with Crippen molar-refractivity contribution in [3.8, 4) is 0 Å². The molecule has 0 aliphatic carbocycles. The highest BCUT2D eigenvalue weighted by Crippen LogP contribution is 2.23. The molecule has 0 radical (unpaired) electrons. The van der Waals surface area contributed by atoms with Gasteiger partial charge in [-0.05, 0) is 38.5 Å². The van der Waals surface area contributed by atoms with Crippen molar-refractivity contribution in [3.05, 3.63) is 0 Å². The number of carbonyl (C=O) groups excluding carboxylic acids is 1. The summed E-state index contributed by atoms with van der Waals surface area (Å²) in [5, 5.41) is 27.1. The Morgan fingerprint density at radius 3 is 2.50 bits per heavy atom. The molecule has 138 valence electrons. The molecule has 8 nitrogen and oxygen atoms in total. The van der Waals surface area contributed by atoms with Gasteiger partial charge in [-0.3, -0.25) is 14.5 Å². The Kier molecular flexibility index (Phi) is 8.15. The number of carboxylic acids is 1. The largest absolute Gasteiger partial charge is 0.480 e. The molecule has 5 N–H and O–H groups in total. The van der Waals surface area contributed by atoms with Crippen LogP contribution in [0.5, 0.6) is 0 Å². The minimum absolute atomic E-state index is 0.0439. The molecule has 1 amide bonds. The molecule has 2 atom stereocenters. The van der Waals surface area contributed by atoms with E-state index in [-0.39, 0.29) is 31.1 Å². The maximum absolute atomic E-state index is 12.2. The maximum atomic E-state index is 12.2. The van der Waals surface area contributed by atoms with Crippen molar-refractivity contribution < 1.29 is 24.7 Å². The molecular formula is C15H30BN3O5. The average Bonchev–Trinajstić information content (AvgIpc) is 2.96. The number of hydrogen-bond acceptors (Lipinski definition) is 6. The predicted molar refractivity (Wildman–Crippen MR) is 91.3 cm³/mol. The Balaban J connectivity index is 2.55. The minimum Gasteiger partial charge on any atom is -0.480 e. The number of carbonyl (C=O) groups is 2. The molecule has 1 unspecified atom stereocenters. The molecule has 0 aromatic rings. The van der Waals surface area contributed by atoms with Gasteiger partial charge in [0, 0.05) is 20.6 Å². The van der Waals surface area contributed by atoms with Crippen molar-refractivity contribution in [2.45, 2.75) is 56.4 Å². The Morgan fingerprint density at radius 1 is 1.29 bits per heavy atom. The van der Waals surface area contributed by atoms with E-state index < -0.39 is 18.6 Å². The zero-order valence-electron chi connectivity index (χ0n) is 14.6. The first-order valence-electron chi connectivity index (χ1n) is 8.51. The van der Waals surface area contributed by atoms with E-state index in [9.17, 15) is 14.7 Å². The van der Waals surface area contributed by atoms with Crippen LogP contribution in [0, 0.1) is 0 Å². The summed E-state index contributed by atoms with van der Waals surface area (Å²) in [6.45, 7) is 1.24. The number of carboxylic acid groups (broad SMARTS) is 1. The van der Waals surface area contributed by atoms with Gasteiger partial charge in [-0.1, -0.05) is 12.8 Å². The summed E-state index contributed by atoms with van der Waals surface area (Å²) in [5.74, 6) is -1.01. The highest BCUT2D eigenvalue weighted by atomic mass is 16.4. The number of aliphatic carboxylic acids is 1. The van der Waals surface area contributed by atoms with Gasteiger partial charge in [0.25, 0.3) is 0 Å². The van der Waals surface area contributed by atoms with Crippen LogP contribution >= 0.6 is 0 Å². The fraction of sp³-hybridized carbons (Fsp3) is 0.867. The van der Waals surface area contributed by atoms with Crippen LogP contribution in [0.25, 0.3) is 0 Å². The highest BCUT2D eigenvalue weighted by molar-refractivity contribution is 6.40. The molecule has 0 bridgehead atoms. The van der Waals surface area contributed by atoms with E-state index >= 15 is 0 Å². The second-order valence-electron chi connectivity index (χ2n) is 6.86. The van der Waals surface area contributed by atoms with Gasteiger partial charge < -0.3 is 25.8 Å². The number of unbranched alkanes of at least 4 members (excludes halogenated alkanes) is 1. The monoisotopic (exact) mass is 343 g/mol. The van der Waals surface area contributed by atoms with Gasteiger partial charge in [0.15, 0.2) is 0 Å². The van der Waals surface area contributed by atoms with Gasteiger partial charge in [-0.2, -0.15) is 0 Å². The summed E-state index contributed by atoms with van der Waals surface area (Å²) in [6, 6.07) is -0.192. The average molecular weight is 343 g/mol. The zero-order chi connectivity index (χ0) is 18.3. The lowest BCUT2D eigenvalue weighted by Crippen LogP contribution is -2.51. The lowest BCUT2D eigenvalue weighted by Gasteiger charge is -2.30. The summed E-state index contributed by atoms with van der Waals surface area (Å²) in [6.07, 6.45) is 3.48. The first-order chi connectivity index (χ1) is 11.2. The number of likely N-dealkylation sites (tertiary alicyclic amines) is 1. The quantitative estimate of drug-likeness (QED) is 0.307. The van der Waals surface area contributed by atoms with E-state index in [0.717, 1.165) is 19.4 Å². The first-order valence-corrected chi connectivity index (χ1v) is 8.51. The van der Waals surface area contributed by atoms with Crippen LogP contribution in [0.2, 0.25) is 6.32 Å². The van der Waals surface area contributed by atoms with E-state index in [1.165, 1.54) is 0 Å². The molecule has 0 spiro atoms. The van der Waals surface area contributed by atoms with Crippen molar-refractivity contribution in [1.82, 2.24) is 9.80 Å². The molecule has 1 aliphatic heterocycles. The lowest BCUT2D eigenvalue weighted by atomic mass is 9.81. The van der Waals surface area contributed by atoms with E-state index in [1.807, 2.05) is 4.90 Å². The number of nitrogens with zero attached hydrogens (tertiary/aromatic N) is 2. The molecule has 1 aliphatic rings. The molecule has 1 saturated heterocycles. The molecule has 0 aromatic heterocycles. The predicted octanol–water partition coefficient (Wildman–Crippen LogP) is -0.646. The second-order valence-corrected chi connectivity index (χ2v) is 6.86. The Labute approximate surface area is 143 Å². The van der Waals surface area contributed by atoms with Gasteiger partial charge in [0.05, 0.1) is 6.04 Å². The Hall–Kier alpha value is -1.16. The Bertz CT molecular complexity index is 435. The fourth-order valence-corrected chi connectivity index (χ4v) is 3.12. The lowest BCUT2D eigenvalue weighted by molar-refractivity contribution is -0.144. The molecule has 24 heavy (non-hydrogen) atoms. The van der Waals surface area contributed by atoms with Crippen LogP contribution in [-0.2, 0) is 9.59 Å². The standard InChI is InChI=1S/C15H30BN3O5/c1-18(2)13(20)12-6-5-10-19(12)11-8-15(17,14(21)22)7-3-4-9-16(23)24/h12,23-24H,3-11,17H2,1-2H3,(H,21,22)/t12-,15?/m0/s1. The van der Waals surface area contributed by atoms with Gasteiger partial charge in [-0.25, -0.2) is 0 Å². The van der Waals surface area contributed by atoms with Gasteiger partial charge in [0.1, 0.15) is 5.54 Å². The van der Waals surface area contributed by atoms with Gasteiger partial charge >= 0.3 is 13.1 Å². The Morgan fingerprint density at radius 2 is 1.96 bits per heavy atom. The van der Waals surface area contributed by atoms with Crippen LogP contribution in [0.1, 0.15) is 38.5 Å². The van der Waals surface area contributed by atoms with Crippen molar-refractivity contribution >= 4 is 19.0 Å². The summed E-state index contributed by atoms with van der Waals surface area (Å²) < 4.78 is 0. The number of rotatable bonds is 10. The van der Waals surface area contributed by atoms with Gasteiger partial charge in [-0.15, -0.1) is 0 Å². The minimum atomic E-state index is -1.37. The third kappa shape index (κ3) is 6.05. The second kappa shape index (κ2) is 9.36. The molecular weight excluding hydrogens is 313 g/mol. The van der Waals surface area contributed by atoms with Crippen LogP contribution < -0.4 is 5.73 Å². The number of likely N-dealkylation sites (N-methyl/N-ethyl adjacent to an activating group) is 1. The third-order valence-corrected chi connectivity index (χ3v) is 4.70. The maximum Gasteiger partial charge on any atom is 0.451 e. The van der Waals surface area contributed by atoms with Crippen molar-refractivity contribution in [2.24, 2.45) is 5.73 Å². The number of hydrogen-bond donors (Lipinski definition) is 4. The van der Waals surface area contributed by atoms with E-state index in [1.54, 1.807) is 19.0 Å². The van der Waals surface area contributed by atoms with Crippen molar-refractivity contribution in [2.75, 3.05) is 27.2 Å². The van der Waals surface area contributed by atoms with Crippen LogP contribution in [0.15, 0.2) is 0 Å². The summed E-state index contributed by atoms with van der Waals surface area (Å²) in [4.78, 5) is 27.3. The molecule has 9 heteroatoms. The highest BCUT2D eigenvalue weighted by Gasteiger charge is 2.37.